The molecule has 0 bridgehead atoms. The maximum atomic E-state index is 10.5. The predicted octanol–water partition coefficient (Wildman–Crippen LogP) is 3.36. The average Bonchev–Trinajstić information content (AvgIpc) is 2.89. The zero-order valence-electron chi connectivity index (χ0n) is 17.0. The molecule has 28 heavy (non-hydrogen) atoms. The smallest absolute Gasteiger partial charge is 0.306 e. The Morgan fingerprint density at radius 1 is 1.25 bits per heavy atom. The molecule has 0 aliphatic heterocycles. The van der Waals surface area contributed by atoms with Gasteiger partial charge in [0.15, 0.2) is 0 Å². The number of aliphatic carboxylic acids is 1. The Labute approximate surface area is 168 Å². The highest BCUT2D eigenvalue weighted by Crippen LogP contribution is 2.48. The first-order chi connectivity index (χ1) is 13.5. The van der Waals surface area contributed by atoms with Gasteiger partial charge in [-0.3, -0.25) is 4.79 Å². The Morgan fingerprint density at radius 2 is 1.96 bits per heavy atom. The lowest BCUT2D eigenvalue weighted by Gasteiger charge is -2.33. The Balaban J connectivity index is 1.67. The van der Waals surface area contributed by atoms with Crippen LogP contribution in [0.1, 0.15) is 77.6 Å². The molecule has 6 heteroatoms. The first kappa shape index (κ1) is 22.7. The summed E-state index contributed by atoms with van der Waals surface area (Å²) in [5, 5.41) is 33.0. The fourth-order valence-corrected chi connectivity index (χ4v) is 4.13. The molecule has 2 rings (SSSR count). The van der Waals surface area contributed by atoms with Crippen LogP contribution >= 0.6 is 0 Å². The normalized spacial score (nSPS) is 28.2. The first-order valence-corrected chi connectivity index (χ1v) is 10.8. The van der Waals surface area contributed by atoms with E-state index in [1.807, 2.05) is 0 Å². The molecule has 2 saturated carbocycles. The number of unbranched alkanes of at least 4 members (excludes halogenated alkanes) is 6. The number of carbonyl (C=O) groups is 1. The molecule has 2 aliphatic carbocycles. The van der Waals surface area contributed by atoms with Crippen LogP contribution < -0.4 is 0 Å². The SMILES string of the molecule is CCCCCCCCCC(O)C#CC1C(O)CC2C(=NOCCC(=O)O)CC21. The first-order valence-electron chi connectivity index (χ1n) is 10.8. The zero-order valence-corrected chi connectivity index (χ0v) is 17.0. The second-order valence-electron chi connectivity index (χ2n) is 8.08. The van der Waals surface area contributed by atoms with Crippen LogP contribution in [0, 0.1) is 29.6 Å². The van der Waals surface area contributed by atoms with Crippen LogP contribution in [0.25, 0.3) is 0 Å². The Bertz CT molecular complexity index is 579. The average molecular weight is 394 g/mol. The molecule has 0 aromatic rings. The molecule has 0 heterocycles. The third-order valence-corrected chi connectivity index (χ3v) is 5.85. The van der Waals surface area contributed by atoms with Gasteiger partial charge in [-0.15, -0.1) is 0 Å². The van der Waals surface area contributed by atoms with Gasteiger partial charge < -0.3 is 20.2 Å². The van der Waals surface area contributed by atoms with E-state index < -0.39 is 18.2 Å². The molecule has 5 atom stereocenters. The molecule has 0 spiro atoms. The minimum absolute atomic E-state index is 0.0623. The van der Waals surface area contributed by atoms with Crippen molar-refractivity contribution in [2.45, 2.75) is 89.8 Å². The van der Waals surface area contributed by atoms with Crippen molar-refractivity contribution >= 4 is 11.7 Å². The number of fused-ring (bicyclic) bond motifs is 1. The topological polar surface area (TPSA) is 99.4 Å². The molecular formula is C22H35NO5. The number of nitrogens with zero attached hydrogens (tertiary/aromatic N) is 1. The molecule has 0 aromatic carbocycles. The van der Waals surface area contributed by atoms with Crippen LogP contribution in [-0.4, -0.2) is 45.8 Å². The van der Waals surface area contributed by atoms with E-state index in [0.717, 1.165) is 25.0 Å². The monoisotopic (exact) mass is 393 g/mol. The van der Waals surface area contributed by atoms with Crippen LogP contribution in [0.2, 0.25) is 0 Å². The second-order valence-corrected chi connectivity index (χ2v) is 8.08. The van der Waals surface area contributed by atoms with E-state index in [2.05, 4.69) is 23.9 Å². The van der Waals surface area contributed by atoms with Crippen molar-refractivity contribution in [3.63, 3.8) is 0 Å². The number of hydrogen-bond donors (Lipinski definition) is 3. The minimum atomic E-state index is -0.909. The molecule has 0 aromatic heterocycles. The lowest BCUT2D eigenvalue weighted by molar-refractivity contribution is -0.138. The quantitative estimate of drug-likeness (QED) is 0.268. The summed E-state index contributed by atoms with van der Waals surface area (Å²) in [6.45, 7) is 2.28. The predicted molar refractivity (Wildman–Crippen MR) is 108 cm³/mol. The summed E-state index contributed by atoms with van der Waals surface area (Å²) in [5.74, 6) is 5.45. The van der Waals surface area contributed by atoms with Gasteiger partial charge >= 0.3 is 5.97 Å². The summed E-state index contributed by atoms with van der Waals surface area (Å²) in [4.78, 5) is 15.5. The number of carboxylic acids is 1. The fraction of sp³-hybridized carbons (Fsp3) is 0.818. The van der Waals surface area contributed by atoms with Crippen LogP contribution in [0.4, 0.5) is 0 Å². The van der Waals surface area contributed by atoms with E-state index in [0.29, 0.717) is 12.8 Å². The van der Waals surface area contributed by atoms with E-state index in [1.165, 1.54) is 32.1 Å². The van der Waals surface area contributed by atoms with Gasteiger partial charge in [0, 0.05) is 5.92 Å². The maximum Gasteiger partial charge on any atom is 0.306 e. The van der Waals surface area contributed by atoms with Crippen molar-refractivity contribution < 1.29 is 25.0 Å². The Hall–Kier alpha value is -1.58. The number of rotatable bonds is 12. The molecule has 0 amide bonds. The number of aliphatic hydroxyl groups excluding tert-OH is 2. The van der Waals surface area contributed by atoms with Crippen LogP contribution in [0.5, 0.6) is 0 Å². The summed E-state index contributed by atoms with van der Waals surface area (Å²) in [6, 6.07) is 0. The maximum absolute atomic E-state index is 10.5. The largest absolute Gasteiger partial charge is 0.481 e. The summed E-state index contributed by atoms with van der Waals surface area (Å²) < 4.78 is 0. The van der Waals surface area contributed by atoms with Crippen molar-refractivity contribution in [1.82, 2.24) is 0 Å². The Morgan fingerprint density at radius 3 is 2.68 bits per heavy atom. The minimum Gasteiger partial charge on any atom is -0.481 e. The molecule has 0 radical (unpaired) electrons. The van der Waals surface area contributed by atoms with Crippen molar-refractivity contribution in [3.05, 3.63) is 0 Å². The van der Waals surface area contributed by atoms with Gasteiger partial charge in [-0.25, -0.2) is 0 Å². The highest BCUT2D eigenvalue weighted by atomic mass is 16.6. The van der Waals surface area contributed by atoms with Gasteiger partial charge in [-0.05, 0) is 31.6 Å². The number of oxime groups is 1. The van der Waals surface area contributed by atoms with Crippen LogP contribution in [0.15, 0.2) is 5.16 Å². The Kier molecular flexibility index (Phi) is 9.80. The second kappa shape index (κ2) is 12.1. The van der Waals surface area contributed by atoms with Crippen molar-refractivity contribution in [2.75, 3.05) is 6.61 Å². The van der Waals surface area contributed by atoms with E-state index in [1.54, 1.807) is 0 Å². The molecule has 3 N–H and O–H groups in total. The van der Waals surface area contributed by atoms with Crippen molar-refractivity contribution in [2.24, 2.45) is 22.9 Å². The highest BCUT2D eigenvalue weighted by Gasteiger charge is 2.51. The molecule has 158 valence electrons. The summed E-state index contributed by atoms with van der Waals surface area (Å²) in [5.41, 5.74) is 0.891. The molecule has 6 nitrogen and oxygen atoms in total. The van der Waals surface area contributed by atoms with Gasteiger partial charge in [-0.2, -0.15) is 0 Å². The third-order valence-electron chi connectivity index (χ3n) is 5.85. The molecule has 5 unspecified atom stereocenters. The van der Waals surface area contributed by atoms with Crippen LogP contribution in [0.3, 0.4) is 0 Å². The van der Waals surface area contributed by atoms with Gasteiger partial charge in [0.25, 0.3) is 0 Å². The third kappa shape index (κ3) is 7.10. The lowest BCUT2D eigenvalue weighted by Crippen LogP contribution is -2.36. The van der Waals surface area contributed by atoms with Gasteiger partial charge in [0.2, 0.25) is 0 Å². The van der Waals surface area contributed by atoms with Gasteiger partial charge in [0.05, 0.1) is 24.2 Å². The lowest BCUT2D eigenvalue weighted by atomic mass is 9.71. The van der Waals surface area contributed by atoms with E-state index in [4.69, 9.17) is 9.94 Å². The summed E-state index contributed by atoms with van der Waals surface area (Å²) >= 11 is 0. The fourth-order valence-electron chi connectivity index (χ4n) is 4.13. The summed E-state index contributed by atoms with van der Waals surface area (Å²) in [6.07, 6.45) is 9.34. The van der Waals surface area contributed by atoms with Gasteiger partial charge in [-0.1, -0.05) is 62.4 Å². The number of hydrogen-bond acceptors (Lipinski definition) is 5. The number of carboxylic acid groups (broad SMARTS) is 1. The molecule has 2 fully saturated rings. The van der Waals surface area contributed by atoms with Crippen LogP contribution in [-0.2, 0) is 9.63 Å². The van der Waals surface area contributed by atoms with E-state index in [9.17, 15) is 15.0 Å². The van der Waals surface area contributed by atoms with E-state index in [-0.39, 0.29) is 30.8 Å². The number of aliphatic hydroxyl groups is 2. The highest BCUT2D eigenvalue weighted by molar-refractivity contribution is 5.93. The van der Waals surface area contributed by atoms with E-state index >= 15 is 0 Å². The zero-order chi connectivity index (χ0) is 20.4. The standard InChI is InChI=1S/C22H35NO5/c1-2-3-4-5-6-7-8-9-16(24)10-11-17-18-14-20(19(18)15-21(17)25)23-28-13-12-22(26)27/h16-19,21,24-25H,2-9,12-15H2,1H3,(H,26,27). The molecule has 0 saturated heterocycles. The molecule has 2 aliphatic rings. The van der Waals surface area contributed by atoms with Crippen molar-refractivity contribution in [3.8, 4) is 11.8 Å². The van der Waals surface area contributed by atoms with Gasteiger partial charge in [0.1, 0.15) is 12.7 Å². The van der Waals surface area contributed by atoms with Crippen molar-refractivity contribution in [1.29, 1.82) is 0 Å². The molecular weight excluding hydrogens is 358 g/mol. The summed E-state index contributed by atoms with van der Waals surface area (Å²) in [7, 11) is 0.